The Morgan fingerprint density at radius 3 is 1.90 bits per heavy atom. The number of aromatic amines is 1. The van der Waals surface area contributed by atoms with Crippen molar-refractivity contribution in [3.63, 3.8) is 0 Å². The minimum absolute atomic E-state index is 0.0152. The fourth-order valence-corrected chi connectivity index (χ4v) is 1.82. The molecule has 1 aromatic heterocycles. The lowest BCUT2D eigenvalue weighted by atomic mass is 10.1. The van der Waals surface area contributed by atoms with Gasteiger partial charge in [0.15, 0.2) is 0 Å². The van der Waals surface area contributed by atoms with Crippen LogP contribution in [0.15, 0.2) is 30.3 Å². The van der Waals surface area contributed by atoms with Crippen molar-refractivity contribution in [2.75, 3.05) is 7.11 Å². The number of H-pyrrole nitrogens is 1. The molecule has 0 radical (unpaired) electrons. The molecule has 0 aliphatic heterocycles. The molecule has 0 saturated carbocycles. The molecule has 2 aromatic rings. The van der Waals surface area contributed by atoms with Gasteiger partial charge in [-0.15, -0.1) is 0 Å². The summed E-state index contributed by atoms with van der Waals surface area (Å²) in [5.74, 6) is 0.384. The van der Waals surface area contributed by atoms with Gasteiger partial charge in [0.25, 0.3) is 0 Å². The largest absolute Gasteiger partial charge is 0.497 e. The van der Waals surface area contributed by atoms with Crippen LogP contribution in [0.2, 0.25) is 0 Å². The van der Waals surface area contributed by atoms with E-state index in [0.717, 1.165) is 0 Å². The lowest BCUT2D eigenvalue weighted by molar-refractivity contribution is -0.142. The van der Waals surface area contributed by atoms with E-state index in [0.29, 0.717) is 5.75 Å². The molecule has 114 valence electrons. The van der Waals surface area contributed by atoms with Crippen LogP contribution >= 0.6 is 0 Å². The van der Waals surface area contributed by atoms with Crippen molar-refractivity contribution in [2.24, 2.45) is 0 Å². The molecule has 0 amide bonds. The van der Waals surface area contributed by atoms with Crippen LogP contribution in [-0.2, 0) is 12.4 Å². The zero-order valence-corrected chi connectivity index (χ0v) is 10.6. The Morgan fingerprint density at radius 1 is 0.905 bits per heavy atom. The summed E-state index contributed by atoms with van der Waals surface area (Å²) < 4.78 is 81.2. The maximum atomic E-state index is 12.9. The van der Waals surface area contributed by atoms with E-state index < -0.39 is 29.3 Å². The number of alkyl halides is 6. The minimum atomic E-state index is -4.89. The van der Waals surface area contributed by atoms with Gasteiger partial charge in [-0.1, -0.05) is 0 Å². The van der Waals surface area contributed by atoms with Crippen molar-refractivity contribution >= 4 is 0 Å². The summed E-state index contributed by atoms with van der Waals surface area (Å²) in [5.41, 5.74) is -3.45. The minimum Gasteiger partial charge on any atom is -0.497 e. The summed E-state index contributed by atoms with van der Waals surface area (Å²) in [4.78, 5) is 1.80. The molecule has 0 bridgehead atoms. The zero-order chi connectivity index (χ0) is 15.8. The number of benzene rings is 1. The molecule has 2 rings (SSSR count). The van der Waals surface area contributed by atoms with E-state index >= 15 is 0 Å². The molecular weight excluding hydrogens is 300 g/mol. The average Bonchev–Trinajstić information content (AvgIpc) is 2.83. The number of methoxy groups -OCH3 is 1. The van der Waals surface area contributed by atoms with E-state index in [1.165, 1.54) is 31.4 Å². The van der Waals surface area contributed by atoms with Gasteiger partial charge < -0.3 is 9.72 Å². The van der Waals surface area contributed by atoms with Crippen LogP contribution in [0.5, 0.6) is 5.75 Å². The number of rotatable bonds is 2. The predicted molar refractivity (Wildman–Crippen MR) is 62.8 cm³/mol. The lowest BCUT2D eigenvalue weighted by Crippen LogP contribution is -2.06. The number of hydrogen-bond acceptors (Lipinski definition) is 1. The summed E-state index contributed by atoms with van der Waals surface area (Å²) in [7, 11) is 1.37. The Labute approximate surface area is 115 Å². The van der Waals surface area contributed by atoms with Crippen molar-refractivity contribution in [2.45, 2.75) is 12.4 Å². The topological polar surface area (TPSA) is 25.0 Å². The van der Waals surface area contributed by atoms with Crippen LogP contribution in [-0.4, -0.2) is 12.1 Å². The summed E-state index contributed by atoms with van der Waals surface area (Å²) in [5, 5.41) is 0. The molecule has 1 heterocycles. The van der Waals surface area contributed by atoms with Gasteiger partial charge in [0.1, 0.15) is 11.4 Å². The first kappa shape index (κ1) is 15.3. The number of nitrogens with one attached hydrogen (secondary N) is 1. The quantitative estimate of drug-likeness (QED) is 0.797. The third-order valence-corrected chi connectivity index (χ3v) is 2.81. The lowest BCUT2D eigenvalue weighted by Gasteiger charge is -2.08. The maximum absolute atomic E-state index is 12.9. The Kier molecular flexibility index (Phi) is 3.65. The summed E-state index contributed by atoms with van der Waals surface area (Å²) >= 11 is 0. The van der Waals surface area contributed by atoms with Gasteiger partial charge in [-0.2, -0.15) is 26.3 Å². The fraction of sp³-hybridized carbons (Fsp3) is 0.231. The fourth-order valence-electron chi connectivity index (χ4n) is 1.82. The number of aromatic nitrogens is 1. The molecule has 0 atom stereocenters. The van der Waals surface area contributed by atoms with E-state index in [-0.39, 0.29) is 11.6 Å². The van der Waals surface area contributed by atoms with Crippen molar-refractivity contribution in [1.29, 1.82) is 0 Å². The number of halogens is 6. The zero-order valence-electron chi connectivity index (χ0n) is 10.6. The number of ether oxygens (including phenoxy) is 1. The highest BCUT2D eigenvalue weighted by Gasteiger charge is 2.41. The molecule has 21 heavy (non-hydrogen) atoms. The van der Waals surface area contributed by atoms with Crippen LogP contribution in [0.25, 0.3) is 11.3 Å². The normalized spacial score (nSPS) is 12.5. The first-order valence-corrected chi connectivity index (χ1v) is 5.64. The SMILES string of the molecule is COc1ccc(-c2[nH]c(C(F)(F)F)cc2C(F)(F)F)cc1. The molecule has 0 fully saturated rings. The smallest absolute Gasteiger partial charge is 0.431 e. The second kappa shape index (κ2) is 5.01. The highest BCUT2D eigenvalue weighted by atomic mass is 19.4. The molecule has 0 aliphatic carbocycles. The summed E-state index contributed by atoms with van der Waals surface area (Å²) in [6.45, 7) is 0. The van der Waals surface area contributed by atoms with Gasteiger partial charge in [0.05, 0.1) is 18.4 Å². The van der Waals surface area contributed by atoms with Gasteiger partial charge in [0, 0.05) is 0 Å². The molecule has 8 heteroatoms. The highest BCUT2D eigenvalue weighted by Crippen LogP contribution is 2.41. The van der Waals surface area contributed by atoms with Gasteiger partial charge in [-0.05, 0) is 35.9 Å². The van der Waals surface area contributed by atoms with E-state index in [4.69, 9.17) is 4.74 Å². The van der Waals surface area contributed by atoms with Gasteiger partial charge in [0.2, 0.25) is 0 Å². The van der Waals surface area contributed by atoms with E-state index in [9.17, 15) is 26.3 Å². The van der Waals surface area contributed by atoms with Crippen LogP contribution in [0, 0.1) is 0 Å². The van der Waals surface area contributed by atoms with Crippen LogP contribution in [0.1, 0.15) is 11.3 Å². The Hall–Kier alpha value is -2.12. The molecule has 0 unspecified atom stereocenters. The molecule has 1 aromatic carbocycles. The molecule has 2 nitrogen and oxygen atoms in total. The molecule has 0 saturated heterocycles. The second-order valence-electron chi connectivity index (χ2n) is 4.20. The third kappa shape index (κ3) is 3.14. The summed E-state index contributed by atoms with van der Waals surface area (Å²) in [6.07, 6.45) is -9.78. The first-order valence-electron chi connectivity index (χ1n) is 5.64. The molecule has 0 spiro atoms. The second-order valence-corrected chi connectivity index (χ2v) is 4.20. The Bertz CT molecular complexity index is 624. The maximum Gasteiger partial charge on any atom is 0.431 e. The van der Waals surface area contributed by atoms with E-state index in [1.54, 1.807) is 4.98 Å². The van der Waals surface area contributed by atoms with Crippen LogP contribution < -0.4 is 4.74 Å². The average molecular weight is 309 g/mol. The van der Waals surface area contributed by atoms with Crippen LogP contribution in [0.3, 0.4) is 0 Å². The van der Waals surface area contributed by atoms with Crippen molar-refractivity contribution < 1.29 is 31.1 Å². The molecule has 1 N–H and O–H groups in total. The number of hydrogen-bond donors (Lipinski definition) is 1. The van der Waals surface area contributed by atoms with Gasteiger partial charge in [-0.25, -0.2) is 0 Å². The van der Waals surface area contributed by atoms with Gasteiger partial charge >= 0.3 is 12.4 Å². The molecular formula is C13H9F6NO. The van der Waals surface area contributed by atoms with Crippen LogP contribution in [0.4, 0.5) is 26.3 Å². The van der Waals surface area contributed by atoms with Crippen molar-refractivity contribution in [3.8, 4) is 17.0 Å². The third-order valence-electron chi connectivity index (χ3n) is 2.81. The van der Waals surface area contributed by atoms with E-state index in [2.05, 4.69) is 0 Å². The Morgan fingerprint density at radius 2 is 1.48 bits per heavy atom. The van der Waals surface area contributed by atoms with Crippen molar-refractivity contribution in [3.05, 3.63) is 41.6 Å². The molecule has 0 aliphatic rings. The first-order chi connectivity index (χ1) is 9.63. The van der Waals surface area contributed by atoms with E-state index in [1.807, 2.05) is 0 Å². The highest BCUT2D eigenvalue weighted by molar-refractivity contribution is 5.66. The monoisotopic (exact) mass is 309 g/mol. The van der Waals surface area contributed by atoms with Gasteiger partial charge in [-0.3, -0.25) is 0 Å². The van der Waals surface area contributed by atoms with Crippen molar-refractivity contribution in [1.82, 2.24) is 4.98 Å². The summed E-state index contributed by atoms with van der Waals surface area (Å²) in [6, 6.07) is 5.30. The Balaban J connectivity index is 2.57. The standard InChI is InChI=1S/C13H9F6NO/c1-21-8-4-2-7(3-5-8)11-9(12(14,15)16)6-10(20-11)13(17,18)19/h2-6,20H,1H3. The predicted octanol–water partition coefficient (Wildman–Crippen LogP) is 4.73.